The summed E-state index contributed by atoms with van der Waals surface area (Å²) in [6.07, 6.45) is 1.60. The van der Waals surface area contributed by atoms with Crippen molar-refractivity contribution in [2.75, 3.05) is 23.2 Å². The number of benzene rings is 4. The molecule has 0 aliphatic heterocycles. The highest BCUT2D eigenvalue weighted by molar-refractivity contribution is 5.81. The van der Waals surface area contributed by atoms with Gasteiger partial charge in [-0.15, -0.1) is 0 Å². The van der Waals surface area contributed by atoms with Gasteiger partial charge in [0.05, 0.1) is 18.2 Å². The number of hydrogen-bond acceptors (Lipinski definition) is 11. The van der Waals surface area contributed by atoms with Crippen LogP contribution in [0.1, 0.15) is 11.1 Å². The third-order valence-corrected chi connectivity index (χ3v) is 5.80. The van der Waals surface area contributed by atoms with Crippen LogP contribution in [0.25, 0.3) is 0 Å². The predicted molar refractivity (Wildman–Crippen MR) is 161 cm³/mol. The van der Waals surface area contributed by atoms with Crippen molar-refractivity contribution in [3.05, 3.63) is 124 Å². The van der Waals surface area contributed by atoms with Crippen LogP contribution < -0.4 is 25.5 Å². The summed E-state index contributed by atoms with van der Waals surface area (Å²) < 4.78 is 11.4. The Labute approximate surface area is 241 Å². The van der Waals surface area contributed by atoms with E-state index in [4.69, 9.17) is 9.47 Å². The standard InChI is InChI=1S/C30H26N8O4/c1-41-27-18-22(14-17-26(27)42-20-21-12-15-25(16-13-21)38(39)40)19-31-37-30-35-28(32-23-8-4-2-5-9-23)34-29(36-30)33-24-10-6-3-7-11-24/h2-19H,20H2,1H3,(H3,32,33,34,35,36,37)/b31-19+. The van der Waals surface area contributed by atoms with Crippen LogP contribution in [0.4, 0.5) is 34.9 Å². The lowest BCUT2D eigenvalue weighted by Gasteiger charge is -2.11. The summed E-state index contributed by atoms with van der Waals surface area (Å²) in [5.74, 6) is 1.93. The van der Waals surface area contributed by atoms with Gasteiger partial charge < -0.3 is 20.1 Å². The van der Waals surface area contributed by atoms with E-state index in [0.717, 1.165) is 22.5 Å². The SMILES string of the molecule is COc1cc(/C=N/Nc2nc(Nc3ccccc3)nc(Nc3ccccc3)n2)ccc1OCc1ccc([N+](=O)[O-])cc1. The number of ether oxygens (including phenoxy) is 2. The minimum Gasteiger partial charge on any atom is -0.493 e. The smallest absolute Gasteiger partial charge is 0.269 e. The Balaban J connectivity index is 1.28. The van der Waals surface area contributed by atoms with Crippen molar-refractivity contribution in [3.63, 3.8) is 0 Å². The Morgan fingerprint density at radius 3 is 1.95 bits per heavy atom. The summed E-state index contributed by atoms with van der Waals surface area (Å²) in [6, 6.07) is 30.7. The summed E-state index contributed by atoms with van der Waals surface area (Å²) in [6.45, 7) is 0.224. The largest absolute Gasteiger partial charge is 0.493 e. The molecule has 12 heteroatoms. The number of aromatic nitrogens is 3. The molecule has 5 rings (SSSR count). The molecule has 5 aromatic rings. The molecule has 0 bridgehead atoms. The van der Waals surface area contributed by atoms with E-state index in [1.165, 1.54) is 12.1 Å². The fourth-order valence-corrected chi connectivity index (χ4v) is 3.76. The average molecular weight is 563 g/mol. The van der Waals surface area contributed by atoms with E-state index >= 15 is 0 Å². The van der Waals surface area contributed by atoms with Gasteiger partial charge in [0, 0.05) is 23.5 Å². The summed E-state index contributed by atoms with van der Waals surface area (Å²) in [4.78, 5) is 23.8. The summed E-state index contributed by atoms with van der Waals surface area (Å²) >= 11 is 0. The van der Waals surface area contributed by atoms with Crippen molar-refractivity contribution in [3.8, 4) is 11.5 Å². The van der Waals surface area contributed by atoms with Crippen LogP contribution in [-0.2, 0) is 6.61 Å². The zero-order chi connectivity index (χ0) is 29.1. The molecule has 210 valence electrons. The van der Waals surface area contributed by atoms with E-state index in [1.807, 2.05) is 66.7 Å². The number of nitro groups is 1. The van der Waals surface area contributed by atoms with E-state index in [2.05, 4.69) is 36.1 Å². The summed E-state index contributed by atoms with van der Waals surface area (Å²) in [7, 11) is 1.54. The zero-order valence-corrected chi connectivity index (χ0v) is 22.5. The van der Waals surface area contributed by atoms with E-state index in [9.17, 15) is 10.1 Å². The molecule has 4 aromatic carbocycles. The molecular weight excluding hydrogens is 536 g/mol. The second kappa shape index (κ2) is 13.3. The van der Waals surface area contributed by atoms with Crippen molar-refractivity contribution >= 4 is 41.1 Å². The molecule has 0 radical (unpaired) electrons. The van der Waals surface area contributed by atoms with Gasteiger partial charge >= 0.3 is 0 Å². The molecule has 0 fully saturated rings. The monoisotopic (exact) mass is 562 g/mol. The predicted octanol–water partition coefficient (Wildman–Crippen LogP) is 6.30. The number of methoxy groups -OCH3 is 1. The highest BCUT2D eigenvalue weighted by Gasteiger charge is 2.09. The zero-order valence-electron chi connectivity index (χ0n) is 22.5. The second-order valence-corrected chi connectivity index (χ2v) is 8.78. The lowest BCUT2D eigenvalue weighted by atomic mass is 10.2. The molecule has 12 nitrogen and oxygen atoms in total. The van der Waals surface area contributed by atoms with Crippen molar-refractivity contribution in [1.82, 2.24) is 15.0 Å². The lowest BCUT2D eigenvalue weighted by molar-refractivity contribution is -0.384. The van der Waals surface area contributed by atoms with E-state index in [-0.39, 0.29) is 18.2 Å². The number of rotatable bonds is 12. The van der Waals surface area contributed by atoms with Gasteiger partial charge in [-0.3, -0.25) is 10.1 Å². The number of hydrazone groups is 1. The first-order valence-corrected chi connectivity index (χ1v) is 12.8. The van der Waals surface area contributed by atoms with Gasteiger partial charge in [-0.05, 0) is 65.7 Å². The van der Waals surface area contributed by atoms with Crippen molar-refractivity contribution < 1.29 is 14.4 Å². The highest BCUT2D eigenvalue weighted by atomic mass is 16.6. The highest BCUT2D eigenvalue weighted by Crippen LogP contribution is 2.28. The van der Waals surface area contributed by atoms with Gasteiger partial charge in [0.15, 0.2) is 11.5 Å². The van der Waals surface area contributed by atoms with Crippen LogP contribution in [-0.4, -0.2) is 33.2 Å². The van der Waals surface area contributed by atoms with E-state index in [0.29, 0.717) is 23.4 Å². The van der Waals surface area contributed by atoms with Gasteiger partial charge in [-0.2, -0.15) is 20.1 Å². The van der Waals surface area contributed by atoms with Gasteiger partial charge in [0.1, 0.15) is 6.61 Å². The Bertz CT molecular complexity index is 1610. The van der Waals surface area contributed by atoms with Gasteiger partial charge in [-0.1, -0.05) is 36.4 Å². The topological polar surface area (TPSA) is 149 Å². The second-order valence-electron chi connectivity index (χ2n) is 8.78. The minimum absolute atomic E-state index is 0.0260. The van der Waals surface area contributed by atoms with Crippen LogP contribution in [0.2, 0.25) is 0 Å². The minimum atomic E-state index is -0.440. The summed E-state index contributed by atoms with van der Waals surface area (Å²) in [5, 5.41) is 21.5. The average Bonchev–Trinajstić information content (AvgIpc) is 3.01. The van der Waals surface area contributed by atoms with Crippen LogP contribution in [0.3, 0.4) is 0 Å². The Morgan fingerprint density at radius 2 is 1.38 bits per heavy atom. The first kappa shape index (κ1) is 27.5. The van der Waals surface area contributed by atoms with E-state index < -0.39 is 4.92 Å². The van der Waals surface area contributed by atoms with Crippen LogP contribution >= 0.6 is 0 Å². The fraction of sp³-hybridized carbons (Fsp3) is 0.0667. The Morgan fingerprint density at radius 1 is 0.786 bits per heavy atom. The molecule has 0 unspecified atom stereocenters. The van der Waals surface area contributed by atoms with E-state index in [1.54, 1.807) is 37.6 Å². The molecule has 1 heterocycles. The Hall–Kier alpha value is -6.04. The third kappa shape index (κ3) is 7.54. The number of hydrogen-bond donors (Lipinski definition) is 3. The van der Waals surface area contributed by atoms with Crippen LogP contribution in [0.5, 0.6) is 11.5 Å². The molecule has 0 aliphatic rings. The number of nitrogens with one attached hydrogen (secondary N) is 3. The van der Waals surface area contributed by atoms with Crippen LogP contribution in [0, 0.1) is 10.1 Å². The number of para-hydroxylation sites is 2. The molecule has 1 aromatic heterocycles. The van der Waals surface area contributed by atoms with Crippen molar-refractivity contribution in [2.24, 2.45) is 5.10 Å². The first-order valence-electron chi connectivity index (χ1n) is 12.8. The molecule has 0 amide bonds. The number of anilines is 5. The molecular formula is C30H26N8O4. The quantitative estimate of drug-likeness (QED) is 0.0898. The molecule has 3 N–H and O–H groups in total. The van der Waals surface area contributed by atoms with Crippen molar-refractivity contribution in [2.45, 2.75) is 6.61 Å². The van der Waals surface area contributed by atoms with Crippen LogP contribution in [0.15, 0.2) is 108 Å². The first-order chi connectivity index (χ1) is 20.6. The van der Waals surface area contributed by atoms with Gasteiger partial charge in [0.25, 0.3) is 5.69 Å². The molecule has 0 atom stereocenters. The molecule has 0 saturated carbocycles. The number of nitro benzene ring substituents is 1. The summed E-state index contributed by atoms with van der Waals surface area (Å²) in [5.41, 5.74) is 6.07. The fourth-order valence-electron chi connectivity index (χ4n) is 3.76. The maximum atomic E-state index is 10.9. The number of non-ortho nitro benzene ring substituents is 1. The molecule has 0 saturated heterocycles. The normalized spacial score (nSPS) is 10.7. The molecule has 0 aliphatic carbocycles. The molecule has 42 heavy (non-hydrogen) atoms. The van der Waals surface area contributed by atoms with Gasteiger partial charge in [-0.25, -0.2) is 5.43 Å². The van der Waals surface area contributed by atoms with Gasteiger partial charge in [0.2, 0.25) is 17.8 Å². The third-order valence-electron chi connectivity index (χ3n) is 5.80. The Kier molecular flexibility index (Phi) is 8.75. The number of nitrogens with zero attached hydrogens (tertiary/aromatic N) is 5. The maximum Gasteiger partial charge on any atom is 0.269 e. The van der Waals surface area contributed by atoms with Crippen molar-refractivity contribution in [1.29, 1.82) is 0 Å². The molecule has 0 spiro atoms. The lowest BCUT2D eigenvalue weighted by Crippen LogP contribution is -2.07. The maximum absolute atomic E-state index is 10.9.